The van der Waals surface area contributed by atoms with Crippen LogP contribution in [0.25, 0.3) is 5.76 Å². The average Bonchev–Trinajstić information content (AvgIpc) is 3.28. The Labute approximate surface area is 374 Å². The summed E-state index contributed by atoms with van der Waals surface area (Å²) >= 11 is 0. The van der Waals surface area contributed by atoms with Gasteiger partial charge in [0.05, 0.1) is 29.8 Å². The van der Waals surface area contributed by atoms with Gasteiger partial charge in [-0.25, -0.2) is 0 Å². The molecule has 0 radical (unpaired) electrons. The quantitative estimate of drug-likeness (QED) is 0.0417. The summed E-state index contributed by atoms with van der Waals surface area (Å²) < 4.78 is 0. The minimum absolute atomic E-state index is 0.0713. The number of nitrogens with one attached hydrogen (secondary N) is 1. The Morgan fingerprint density at radius 3 is 1.80 bits per heavy atom. The number of benzene rings is 4. The molecule has 336 valence electrons. The molecule has 3 aliphatic carbocycles. The zero-order chi connectivity index (χ0) is 45.9. The first-order valence-electron chi connectivity index (χ1n) is 22.2. The Bertz CT molecular complexity index is 2360. The summed E-state index contributed by atoms with van der Waals surface area (Å²) in [5.74, 6) is -9.69. The lowest BCUT2D eigenvalue weighted by atomic mass is 9.54. The van der Waals surface area contributed by atoms with Crippen LogP contribution in [0, 0.1) is 11.8 Å². The molecule has 8 N–H and O–H groups in total. The SMILES string of the molecule is C[C@H]1c2ccc(CNC(=O)CCCCCCCCC[P+](c3ccccc3)(c3ccccc3)c3ccccc3)c(O)c2C(O)=C2C(=O)[C@]3(O)C(O)=C(C(N)=O)C(=O)[C@@H](N(C)C)[C@@H]3[C@@H](O)[C@@H]21. The van der Waals surface area contributed by atoms with Crippen molar-refractivity contribution in [2.24, 2.45) is 17.6 Å². The maximum Gasteiger partial charge on any atom is 0.255 e. The number of nitrogens with zero attached hydrogens (tertiary/aromatic N) is 1. The first kappa shape index (κ1) is 46.3. The highest BCUT2D eigenvalue weighted by Gasteiger charge is 2.68. The smallest absolute Gasteiger partial charge is 0.255 e. The van der Waals surface area contributed by atoms with Crippen molar-refractivity contribution >= 4 is 52.3 Å². The molecule has 1 fully saturated rings. The Kier molecular flexibility index (Phi) is 13.9. The monoisotopic (exact) mass is 888 g/mol. The fourth-order valence-corrected chi connectivity index (χ4v) is 14.9. The van der Waals surface area contributed by atoms with E-state index in [1.165, 1.54) is 34.9 Å². The van der Waals surface area contributed by atoms with Crippen molar-refractivity contribution in [3.05, 3.63) is 137 Å². The summed E-state index contributed by atoms with van der Waals surface area (Å²) in [6.45, 7) is 1.60. The summed E-state index contributed by atoms with van der Waals surface area (Å²) in [7, 11) is 1.07. The molecule has 64 heavy (non-hydrogen) atoms. The second-order valence-electron chi connectivity index (χ2n) is 17.6. The Balaban J connectivity index is 0.944. The van der Waals surface area contributed by atoms with E-state index in [9.17, 15) is 44.7 Å². The van der Waals surface area contributed by atoms with Crippen molar-refractivity contribution in [1.29, 1.82) is 0 Å². The first-order chi connectivity index (χ1) is 30.7. The van der Waals surface area contributed by atoms with Crippen LogP contribution in [0.3, 0.4) is 0 Å². The van der Waals surface area contributed by atoms with Gasteiger partial charge in [-0.1, -0.05) is 99.3 Å². The average molecular weight is 889 g/mol. The molecule has 0 bridgehead atoms. The molecule has 0 heterocycles. The lowest BCUT2D eigenvalue weighted by Crippen LogP contribution is -2.70. The van der Waals surface area contributed by atoms with Crippen LogP contribution in [0.2, 0.25) is 0 Å². The number of primary amides is 1. The second kappa shape index (κ2) is 19.2. The number of nitrogens with two attached hydrogens (primary N) is 1. The minimum Gasteiger partial charge on any atom is -0.508 e. The maximum atomic E-state index is 14.3. The summed E-state index contributed by atoms with van der Waals surface area (Å²) in [6.07, 6.45) is 6.73. The van der Waals surface area contributed by atoms with Crippen molar-refractivity contribution in [3.63, 3.8) is 0 Å². The number of hydrogen-bond acceptors (Lipinski definition) is 10. The molecule has 0 saturated heterocycles. The van der Waals surface area contributed by atoms with Crippen molar-refractivity contribution < 1.29 is 44.7 Å². The molecule has 0 spiro atoms. The summed E-state index contributed by atoms with van der Waals surface area (Å²) in [5.41, 5.74) is 1.52. The van der Waals surface area contributed by atoms with E-state index >= 15 is 0 Å². The van der Waals surface area contributed by atoms with E-state index in [1.807, 2.05) is 0 Å². The number of rotatable bonds is 17. The van der Waals surface area contributed by atoms with Gasteiger partial charge in [0.1, 0.15) is 46.0 Å². The van der Waals surface area contributed by atoms with E-state index in [1.54, 1.807) is 19.1 Å². The van der Waals surface area contributed by atoms with Crippen LogP contribution in [0.5, 0.6) is 5.75 Å². The Morgan fingerprint density at radius 2 is 1.28 bits per heavy atom. The van der Waals surface area contributed by atoms with Crippen LogP contribution in [-0.4, -0.2) is 91.8 Å². The molecule has 4 aromatic rings. The number of aliphatic hydroxyl groups excluding tert-OH is 3. The number of carbonyl (C=O) groups excluding carboxylic acids is 4. The van der Waals surface area contributed by atoms with Crippen LogP contribution >= 0.6 is 7.26 Å². The third kappa shape index (κ3) is 8.17. The molecule has 3 aliphatic rings. The van der Waals surface area contributed by atoms with Crippen LogP contribution in [0.4, 0.5) is 0 Å². The molecule has 7 rings (SSSR count). The van der Waals surface area contributed by atoms with Gasteiger partial charge in [-0.2, -0.15) is 0 Å². The molecule has 0 unspecified atom stereocenters. The number of phenols is 1. The normalized spacial score (nSPS) is 23.1. The van der Waals surface area contributed by atoms with Crippen molar-refractivity contribution in [1.82, 2.24) is 10.2 Å². The van der Waals surface area contributed by atoms with Crippen molar-refractivity contribution in [2.75, 3.05) is 20.3 Å². The van der Waals surface area contributed by atoms with Gasteiger partial charge in [-0.05, 0) is 81.2 Å². The van der Waals surface area contributed by atoms with E-state index in [4.69, 9.17) is 5.73 Å². The topological polar surface area (TPSA) is 211 Å². The van der Waals surface area contributed by atoms with Gasteiger partial charge in [0.25, 0.3) is 5.91 Å². The fourth-order valence-electron chi connectivity index (χ4n) is 10.5. The van der Waals surface area contributed by atoms with Crippen LogP contribution in [0.15, 0.2) is 120 Å². The van der Waals surface area contributed by atoms with Gasteiger partial charge in [-0.3, -0.25) is 24.1 Å². The molecule has 0 aliphatic heterocycles. The number of hydrogen-bond donors (Lipinski definition) is 7. The van der Waals surface area contributed by atoms with Gasteiger partial charge in [0.2, 0.25) is 11.7 Å². The number of phenolic OH excluding ortho intramolecular Hbond substituents is 1. The molecule has 12 nitrogen and oxygen atoms in total. The number of likely N-dealkylation sites (N-methyl/N-ethyl adjacent to an activating group) is 1. The number of unbranched alkanes of at least 4 members (excludes halogenated alkanes) is 6. The molecule has 4 aromatic carbocycles. The molecular weight excluding hydrogens is 830 g/mol. The van der Waals surface area contributed by atoms with Crippen molar-refractivity contribution in [3.8, 4) is 5.75 Å². The number of aliphatic hydroxyl groups is 4. The van der Waals surface area contributed by atoms with Gasteiger partial charge < -0.3 is 36.6 Å². The second-order valence-corrected chi connectivity index (χ2v) is 21.2. The molecule has 13 heteroatoms. The number of ketones is 2. The van der Waals surface area contributed by atoms with Crippen LogP contribution < -0.4 is 27.0 Å². The number of aromatic hydroxyl groups is 1. The predicted octanol–water partition coefficient (Wildman–Crippen LogP) is 5.23. The highest BCUT2D eigenvalue weighted by atomic mass is 31.2. The highest BCUT2D eigenvalue weighted by molar-refractivity contribution is 7.95. The molecule has 0 aromatic heterocycles. The van der Waals surface area contributed by atoms with E-state index < -0.39 is 88.7 Å². The third-order valence-corrected chi connectivity index (χ3v) is 18.2. The van der Waals surface area contributed by atoms with E-state index in [-0.39, 0.29) is 23.6 Å². The minimum atomic E-state index is -2.99. The number of amides is 2. The summed E-state index contributed by atoms with van der Waals surface area (Å²) in [6, 6.07) is 34.6. The molecule has 1 saturated carbocycles. The highest BCUT2D eigenvalue weighted by Crippen LogP contribution is 2.57. The third-order valence-electron chi connectivity index (χ3n) is 13.7. The van der Waals surface area contributed by atoms with E-state index in [0.29, 0.717) is 18.4 Å². The summed E-state index contributed by atoms with van der Waals surface area (Å²) in [5, 5.41) is 65.1. The molecular formula is C51H59N3O9P+. The van der Waals surface area contributed by atoms with Gasteiger partial charge in [0.15, 0.2) is 11.4 Å². The number of carbonyl (C=O) groups is 4. The molecule has 2 amide bonds. The zero-order valence-corrected chi connectivity index (χ0v) is 37.5. The predicted molar refractivity (Wildman–Crippen MR) is 249 cm³/mol. The lowest BCUT2D eigenvalue weighted by Gasteiger charge is -2.53. The van der Waals surface area contributed by atoms with E-state index in [2.05, 4.69) is 96.3 Å². The largest absolute Gasteiger partial charge is 0.508 e. The first-order valence-corrected chi connectivity index (χ1v) is 24.1. The number of Topliss-reactive ketones (excluding diaryl/α,β-unsaturated/α-hetero) is 2. The number of fused-ring (bicyclic) bond motifs is 3. The van der Waals surface area contributed by atoms with E-state index in [0.717, 1.165) is 44.7 Å². The van der Waals surface area contributed by atoms with Gasteiger partial charge >= 0.3 is 0 Å². The standard InChI is InChI=1S/C51H58N3O9P/c1-31-36-28-27-32(44(56)39(36)45(57)40-38(31)46(58)42-43(54(2)3)47(59)41(50(52)62)49(61)51(42,63)48(40)60)30-53-37(55)26-18-7-5-4-6-8-19-29-64(33-20-12-9-13-21-33,34-22-14-10-15-23-34)35-24-16-11-17-25-35/h9-17,20-25,27-28,31,38,42-43,46,58,63H,4-8,18-19,26,29-30H2,1-3H3,(H5-,52,53,55,56,57,59,60,61,62)/p+1/t31-,38+,42+,43-,46-,51-/m0/s1. The van der Waals surface area contributed by atoms with Crippen molar-refractivity contribution in [2.45, 2.75) is 88.5 Å². The van der Waals surface area contributed by atoms with Gasteiger partial charge in [-0.15, -0.1) is 0 Å². The fraction of sp³-hybridized carbons (Fsp3) is 0.373. The van der Waals surface area contributed by atoms with Crippen LogP contribution in [-0.2, 0) is 25.7 Å². The zero-order valence-electron chi connectivity index (χ0n) is 36.6. The van der Waals surface area contributed by atoms with Gasteiger partial charge in [0, 0.05) is 30.0 Å². The summed E-state index contributed by atoms with van der Waals surface area (Å²) in [4.78, 5) is 54.3. The van der Waals surface area contributed by atoms with Crippen LogP contribution in [0.1, 0.15) is 80.9 Å². The Morgan fingerprint density at radius 1 is 0.766 bits per heavy atom. The maximum absolute atomic E-state index is 14.3. The Hall–Kier alpha value is -5.65. The lowest BCUT2D eigenvalue weighted by molar-refractivity contribution is -0.169. The molecule has 6 atom stereocenters.